The van der Waals surface area contributed by atoms with Crippen LogP contribution in [0.25, 0.3) is 0 Å². The van der Waals surface area contributed by atoms with E-state index >= 15 is 0 Å². The molecule has 1 aliphatic heterocycles. The Balaban J connectivity index is 0.00000200. The topological polar surface area (TPSA) is 74.2 Å². The van der Waals surface area contributed by atoms with Crippen LogP contribution < -0.4 is 4.74 Å². The zero-order valence-corrected chi connectivity index (χ0v) is 10.8. The standard InChI is InChI=1S/C13H16O6.Li.H/c1-13(18-5-6-19-13)9-3-4-10(12(14)15)11(7-9)17-8-16-2;;/h3-4,7H,5-6,8H2,1-2H3,(H,14,15);;. The van der Waals surface area contributed by atoms with Crippen molar-refractivity contribution in [1.82, 2.24) is 0 Å². The molecule has 0 bridgehead atoms. The first-order valence-corrected chi connectivity index (χ1v) is 5.84. The number of rotatable bonds is 5. The molecule has 0 amide bonds. The normalized spacial score (nSPS) is 16.5. The van der Waals surface area contributed by atoms with E-state index in [0.29, 0.717) is 18.8 Å². The van der Waals surface area contributed by atoms with Crippen LogP contribution in [0.3, 0.4) is 0 Å². The number of benzene rings is 1. The third kappa shape index (κ3) is 3.54. The van der Waals surface area contributed by atoms with Crippen molar-refractivity contribution in [2.75, 3.05) is 27.1 Å². The van der Waals surface area contributed by atoms with E-state index in [1.54, 1.807) is 19.1 Å². The number of carboxylic acid groups (broad SMARTS) is 1. The molecular formula is C13H17LiO6. The van der Waals surface area contributed by atoms with E-state index in [-0.39, 0.29) is 37.0 Å². The Labute approximate surface area is 129 Å². The molecule has 1 fully saturated rings. The van der Waals surface area contributed by atoms with Crippen LogP contribution in [0.5, 0.6) is 5.75 Å². The van der Waals surface area contributed by atoms with Gasteiger partial charge < -0.3 is 24.1 Å². The minimum absolute atomic E-state index is 0. The summed E-state index contributed by atoms with van der Waals surface area (Å²) in [5.41, 5.74) is 0.781. The average molecular weight is 276 g/mol. The molecule has 0 spiro atoms. The fourth-order valence-electron chi connectivity index (χ4n) is 1.90. The Morgan fingerprint density at radius 1 is 1.40 bits per heavy atom. The molecule has 6 nitrogen and oxygen atoms in total. The SMILES string of the molecule is COCOc1cc(C2(C)OCCO2)ccc1C(=O)O.[LiH]. The molecule has 106 valence electrons. The predicted molar refractivity (Wildman–Crippen MR) is 72.3 cm³/mol. The molecule has 7 heteroatoms. The van der Waals surface area contributed by atoms with Crippen LogP contribution in [0.2, 0.25) is 0 Å². The molecule has 0 aliphatic carbocycles. The van der Waals surface area contributed by atoms with Crippen molar-refractivity contribution in [3.05, 3.63) is 29.3 Å². The van der Waals surface area contributed by atoms with Crippen molar-refractivity contribution < 1.29 is 28.8 Å². The van der Waals surface area contributed by atoms with Gasteiger partial charge in [0, 0.05) is 12.7 Å². The van der Waals surface area contributed by atoms with Gasteiger partial charge in [-0.2, -0.15) is 0 Å². The predicted octanol–water partition coefficient (Wildman–Crippen LogP) is 0.939. The second-order valence-corrected chi connectivity index (χ2v) is 4.21. The molecule has 1 aromatic rings. The van der Waals surface area contributed by atoms with Crippen molar-refractivity contribution in [2.45, 2.75) is 12.7 Å². The first-order valence-electron chi connectivity index (χ1n) is 5.84. The van der Waals surface area contributed by atoms with Gasteiger partial charge in [-0.1, -0.05) is 6.07 Å². The van der Waals surface area contributed by atoms with Gasteiger partial charge in [0.2, 0.25) is 0 Å². The summed E-state index contributed by atoms with van der Waals surface area (Å²) in [5, 5.41) is 9.10. The van der Waals surface area contributed by atoms with Gasteiger partial charge in [-0.15, -0.1) is 0 Å². The number of carbonyl (C=O) groups is 1. The maximum atomic E-state index is 11.1. The van der Waals surface area contributed by atoms with Gasteiger partial charge in [-0.25, -0.2) is 4.79 Å². The molecule has 1 saturated heterocycles. The summed E-state index contributed by atoms with van der Waals surface area (Å²) in [5.74, 6) is -1.69. The van der Waals surface area contributed by atoms with Gasteiger partial charge in [0.25, 0.3) is 0 Å². The van der Waals surface area contributed by atoms with Crippen LogP contribution in [0.4, 0.5) is 0 Å². The quantitative estimate of drug-likeness (QED) is 0.637. The molecule has 1 aromatic carbocycles. The van der Waals surface area contributed by atoms with Gasteiger partial charge in [0.15, 0.2) is 12.6 Å². The van der Waals surface area contributed by atoms with Crippen molar-refractivity contribution >= 4 is 24.8 Å². The molecular weight excluding hydrogens is 259 g/mol. The summed E-state index contributed by atoms with van der Waals surface area (Å²) in [6.07, 6.45) is 0. The summed E-state index contributed by atoms with van der Waals surface area (Å²) >= 11 is 0. The summed E-state index contributed by atoms with van der Waals surface area (Å²) in [7, 11) is 1.47. The van der Waals surface area contributed by atoms with Gasteiger partial charge >= 0.3 is 24.8 Å². The van der Waals surface area contributed by atoms with E-state index in [1.807, 2.05) is 0 Å². The fraction of sp³-hybridized carbons (Fsp3) is 0.462. The molecule has 1 aliphatic rings. The van der Waals surface area contributed by atoms with Gasteiger partial charge in [-0.3, -0.25) is 0 Å². The van der Waals surface area contributed by atoms with Crippen molar-refractivity contribution in [1.29, 1.82) is 0 Å². The Hall–Kier alpha value is -1.03. The Bertz CT molecular complexity index is 470. The van der Waals surface area contributed by atoms with E-state index in [2.05, 4.69) is 0 Å². The number of carboxylic acids is 1. The van der Waals surface area contributed by atoms with Gasteiger partial charge in [0.05, 0.1) is 13.2 Å². The monoisotopic (exact) mass is 276 g/mol. The molecule has 0 saturated carbocycles. The average Bonchev–Trinajstić information content (AvgIpc) is 2.84. The first kappa shape index (κ1) is 17.0. The molecule has 0 unspecified atom stereocenters. The zero-order chi connectivity index (χ0) is 13.9. The summed E-state index contributed by atoms with van der Waals surface area (Å²) in [6.45, 7) is 2.77. The van der Waals surface area contributed by atoms with Gasteiger partial charge in [0.1, 0.15) is 11.3 Å². The minimum atomic E-state index is -1.06. The molecule has 0 atom stereocenters. The van der Waals surface area contributed by atoms with Crippen LogP contribution in [-0.4, -0.2) is 57.1 Å². The summed E-state index contributed by atoms with van der Waals surface area (Å²) in [6, 6.07) is 4.74. The van der Waals surface area contributed by atoms with Crippen LogP contribution in [0, 0.1) is 0 Å². The number of methoxy groups -OCH3 is 1. The first-order chi connectivity index (χ1) is 9.07. The number of hydrogen-bond donors (Lipinski definition) is 1. The summed E-state index contributed by atoms with van der Waals surface area (Å²) < 4.78 is 21.1. The maximum absolute atomic E-state index is 11.1. The van der Waals surface area contributed by atoms with E-state index in [4.69, 9.17) is 24.1 Å². The van der Waals surface area contributed by atoms with E-state index in [1.165, 1.54) is 13.2 Å². The van der Waals surface area contributed by atoms with Gasteiger partial charge in [-0.05, 0) is 19.1 Å². The van der Waals surface area contributed by atoms with E-state index < -0.39 is 11.8 Å². The van der Waals surface area contributed by atoms with E-state index in [0.717, 1.165) is 0 Å². The Kier molecular flexibility index (Phi) is 6.05. The van der Waals surface area contributed by atoms with Crippen molar-refractivity contribution in [3.8, 4) is 5.75 Å². The molecule has 1 heterocycles. The summed E-state index contributed by atoms with van der Waals surface area (Å²) in [4.78, 5) is 11.1. The fourth-order valence-corrected chi connectivity index (χ4v) is 1.90. The Morgan fingerprint density at radius 2 is 2.05 bits per heavy atom. The second-order valence-electron chi connectivity index (χ2n) is 4.21. The zero-order valence-electron chi connectivity index (χ0n) is 10.8. The number of hydrogen-bond acceptors (Lipinski definition) is 5. The van der Waals surface area contributed by atoms with Crippen molar-refractivity contribution in [3.63, 3.8) is 0 Å². The molecule has 0 aromatic heterocycles. The van der Waals surface area contributed by atoms with E-state index in [9.17, 15) is 4.79 Å². The molecule has 1 N–H and O–H groups in total. The van der Waals surface area contributed by atoms with Crippen LogP contribution in [0.15, 0.2) is 18.2 Å². The molecule has 20 heavy (non-hydrogen) atoms. The second kappa shape index (κ2) is 7.11. The van der Waals surface area contributed by atoms with Crippen LogP contribution in [0.1, 0.15) is 22.8 Å². The Morgan fingerprint density at radius 3 is 2.60 bits per heavy atom. The number of ether oxygens (including phenoxy) is 4. The van der Waals surface area contributed by atoms with Crippen molar-refractivity contribution in [2.24, 2.45) is 0 Å². The molecule has 2 rings (SSSR count). The van der Waals surface area contributed by atoms with Crippen LogP contribution in [-0.2, 0) is 20.0 Å². The van der Waals surface area contributed by atoms with Crippen LogP contribution >= 0.6 is 0 Å². The molecule has 0 radical (unpaired) electrons. The third-order valence-electron chi connectivity index (χ3n) is 2.91. The third-order valence-corrected chi connectivity index (χ3v) is 2.91. The number of aromatic carboxylic acids is 1.